The van der Waals surface area contributed by atoms with Gasteiger partial charge < -0.3 is 15.7 Å². The van der Waals surface area contributed by atoms with Gasteiger partial charge in [-0.2, -0.15) is 0 Å². The number of nitrogens with two attached hydrogens (primary N) is 1. The fraction of sp³-hybridized carbons (Fsp3) is 0.409. The number of carboxylic acid groups (broad SMARTS) is 1. The first-order valence-electron chi connectivity index (χ1n) is 9.67. The number of nitrogens with zero attached hydrogens (tertiary/aromatic N) is 2. The van der Waals surface area contributed by atoms with Crippen molar-refractivity contribution in [3.63, 3.8) is 0 Å². The highest BCUT2D eigenvalue weighted by molar-refractivity contribution is 5.96. The molecule has 0 saturated heterocycles. The van der Waals surface area contributed by atoms with Crippen LogP contribution in [-0.2, 0) is 16.1 Å². The zero-order valence-corrected chi connectivity index (χ0v) is 16.2. The van der Waals surface area contributed by atoms with Crippen LogP contribution in [-0.4, -0.2) is 33.9 Å². The zero-order chi connectivity index (χ0) is 20.0. The summed E-state index contributed by atoms with van der Waals surface area (Å²) in [5, 5.41) is 13.4. The molecule has 1 aromatic heterocycles. The van der Waals surface area contributed by atoms with Crippen LogP contribution in [0.1, 0.15) is 55.3 Å². The van der Waals surface area contributed by atoms with Crippen LogP contribution in [0, 0.1) is 0 Å². The maximum atomic E-state index is 11.3. The normalized spacial score (nSPS) is 22.2. The van der Waals surface area contributed by atoms with Crippen LogP contribution in [0.25, 0.3) is 0 Å². The van der Waals surface area contributed by atoms with E-state index >= 15 is 0 Å². The number of aliphatic carboxylic acids is 1. The van der Waals surface area contributed by atoms with Gasteiger partial charge in [0.05, 0.1) is 5.69 Å². The Balaban J connectivity index is 1.49. The summed E-state index contributed by atoms with van der Waals surface area (Å²) in [7, 11) is 0. The molecule has 1 aliphatic rings. The number of benzene rings is 1. The van der Waals surface area contributed by atoms with E-state index in [1.165, 1.54) is 5.56 Å². The molecule has 2 unspecified atom stereocenters. The van der Waals surface area contributed by atoms with Gasteiger partial charge in [0.1, 0.15) is 17.9 Å². The molecule has 28 heavy (non-hydrogen) atoms. The highest BCUT2D eigenvalue weighted by atomic mass is 16.6. The Labute approximate surface area is 165 Å². The predicted octanol–water partition coefficient (Wildman–Crippen LogP) is 3.50. The SMILES string of the molecule is CC(=NOCCCc1ccccc1)c1ccc(C2CCC(N)(C(=O)O)C2)cn1. The lowest BCUT2D eigenvalue weighted by molar-refractivity contribution is -0.143. The topological polar surface area (TPSA) is 97.8 Å². The minimum absolute atomic E-state index is 0.133. The summed E-state index contributed by atoms with van der Waals surface area (Å²) in [6, 6.07) is 14.2. The summed E-state index contributed by atoms with van der Waals surface area (Å²) in [5.41, 5.74) is 8.64. The van der Waals surface area contributed by atoms with Crippen molar-refractivity contribution in [3.8, 4) is 0 Å². The zero-order valence-electron chi connectivity index (χ0n) is 16.2. The minimum atomic E-state index is -1.12. The number of hydrogen-bond acceptors (Lipinski definition) is 5. The Morgan fingerprint density at radius 3 is 2.75 bits per heavy atom. The number of aryl methyl sites for hydroxylation is 1. The molecule has 1 saturated carbocycles. The van der Waals surface area contributed by atoms with Gasteiger partial charge in [0, 0.05) is 6.20 Å². The van der Waals surface area contributed by atoms with Crippen LogP contribution in [0.2, 0.25) is 0 Å². The molecule has 0 amide bonds. The molecule has 0 bridgehead atoms. The number of rotatable bonds is 8. The van der Waals surface area contributed by atoms with Crippen molar-refractivity contribution in [1.29, 1.82) is 0 Å². The number of carbonyl (C=O) groups is 1. The van der Waals surface area contributed by atoms with Crippen molar-refractivity contribution in [1.82, 2.24) is 4.98 Å². The molecular formula is C22H27N3O3. The van der Waals surface area contributed by atoms with E-state index in [9.17, 15) is 9.90 Å². The summed E-state index contributed by atoms with van der Waals surface area (Å²) >= 11 is 0. The Hall–Kier alpha value is -2.73. The molecule has 0 spiro atoms. The van der Waals surface area contributed by atoms with Crippen LogP contribution in [0.15, 0.2) is 53.8 Å². The maximum absolute atomic E-state index is 11.3. The van der Waals surface area contributed by atoms with Gasteiger partial charge >= 0.3 is 5.97 Å². The van der Waals surface area contributed by atoms with Gasteiger partial charge in [-0.3, -0.25) is 9.78 Å². The summed E-state index contributed by atoms with van der Waals surface area (Å²) in [5.74, 6) is -0.791. The average Bonchev–Trinajstić information content (AvgIpc) is 3.12. The lowest BCUT2D eigenvalue weighted by Crippen LogP contribution is -2.45. The van der Waals surface area contributed by atoms with Crippen molar-refractivity contribution in [2.45, 2.75) is 50.5 Å². The number of oxime groups is 1. The van der Waals surface area contributed by atoms with E-state index in [1.807, 2.05) is 37.3 Å². The van der Waals surface area contributed by atoms with Crippen LogP contribution in [0.4, 0.5) is 0 Å². The lowest BCUT2D eigenvalue weighted by atomic mass is 9.94. The predicted molar refractivity (Wildman–Crippen MR) is 108 cm³/mol. The molecule has 1 aliphatic carbocycles. The van der Waals surface area contributed by atoms with Crippen molar-refractivity contribution >= 4 is 11.7 Å². The Bertz CT molecular complexity index is 821. The lowest BCUT2D eigenvalue weighted by Gasteiger charge is -2.18. The molecule has 2 atom stereocenters. The first-order chi connectivity index (χ1) is 13.5. The molecule has 1 heterocycles. The molecule has 0 aliphatic heterocycles. The third kappa shape index (κ3) is 4.95. The second-order valence-corrected chi connectivity index (χ2v) is 7.48. The smallest absolute Gasteiger partial charge is 0.323 e. The van der Waals surface area contributed by atoms with E-state index in [0.717, 1.165) is 36.2 Å². The second-order valence-electron chi connectivity index (χ2n) is 7.48. The standard InChI is InChI=1S/C22H27N3O3/c1-16(25-28-13-5-8-17-6-3-2-4-7-17)20-10-9-19(15-24-20)18-11-12-22(23,14-18)21(26)27/h2-4,6-7,9-10,15,18H,5,8,11-14,23H2,1H3,(H,26,27). The molecule has 6 heteroatoms. The summed E-state index contributed by atoms with van der Waals surface area (Å²) in [6.45, 7) is 2.42. The van der Waals surface area contributed by atoms with Crippen LogP contribution < -0.4 is 5.73 Å². The third-order valence-electron chi connectivity index (χ3n) is 5.35. The summed E-state index contributed by atoms with van der Waals surface area (Å²) in [6.07, 6.45) is 5.36. The molecule has 0 radical (unpaired) electrons. The third-order valence-corrected chi connectivity index (χ3v) is 5.35. The Morgan fingerprint density at radius 1 is 1.32 bits per heavy atom. The first-order valence-corrected chi connectivity index (χ1v) is 9.67. The van der Waals surface area contributed by atoms with Gasteiger partial charge in [0.2, 0.25) is 0 Å². The van der Waals surface area contributed by atoms with E-state index in [0.29, 0.717) is 19.4 Å². The van der Waals surface area contributed by atoms with Crippen molar-refractivity contribution < 1.29 is 14.7 Å². The number of carboxylic acids is 1. The molecule has 6 nitrogen and oxygen atoms in total. The van der Waals surface area contributed by atoms with E-state index in [-0.39, 0.29) is 5.92 Å². The average molecular weight is 381 g/mol. The quantitative estimate of drug-likeness (QED) is 0.414. The Morgan fingerprint density at radius 2 is 2.11 bits per heavy atom. The highest BCUT2D eigenvalue weighted by Gasteiger charge is 2.42. The van der Waals surface area contributed by atoms with E-state index in [2.05, 4.69) is 22.3 Å². The van der Waals surface area contributed by atoms with E-state index in [1.54, 1.807) is 6.20 Å². The molecule has 3 N–H and O–H groups in total. The van der Waals surface area contributed by atoms with Crippen molar-refractivity contribution in [3.05, 3.63) is 65.5 Å². The number of hydrogen-bond donors (Lipinski definition) is 2. The largest absolute Gasteiger partial charge is 0.480 e. The first kappa shape index (κ1) is 20.0. The van der Waals surface area contributed by atoms with Crippen molar-refractivity contribution in [2.75, 3.05) is 6.61 Å². The maximum Gasteiger partial charge on any atom is 0.323 e. The van der Waals surface area contributed by atoms with Gasteiger partial charge in [-0.05, 0) is 62.1 Å². The minimum Gasteiger partial charge on any atom is -0.480 e. The summed E-state index contributed by atoms with van der Waals surface area (Å²) in [4.78, 5) is 21.2. The number of pyridine rings is 1. The highest BCUT2D eigenvalue weighted by Crippen LogP contribution is 2.39. The molecule has 1 aromatic carbocycles. The molecule has 1 fully saturated rings. The Kier molecular flexibility index (Phi) is 6.41. The van der Waals surface area contributed by atoms with Crippen molar-refractivity contribution in [2.24, 2.45) is 10.9 Å². The van der Waals surface area contributed by atoms with Gasteiger partial charge in [-0.15, -0.1) is 0 Å². The van der Waals surface area contributed by atoms with E-state index in [4.69, 9.17) is 10.6 Å². The van der Waals surface area contributed by atoms with E-state index < -0.39 is 11.5 Å². The van der Waals surface area contributed by atoms with Gasteiger partial charge in [0.25, 0.3) is 0 Å². The van der Waals surface area contributed by atoms with Gasteiger partial charge in [0.15, 0.2) is 0 Å². The molecule has 148 valence electrons. The second kappa shape index (κ2) is 8.97. The van der Waals surface area contributed by atoms with Gasteiger partial charge in [-0.25, -0.2) is 0 Å². The fourth-order valence-corrected chi connectivity index (χ4v) is 3.59. The van der Waals surface area contributed by atoms with Crippen LogP contribution in [0.5, 0.6) is 0 Å². The molecule has 3 rings (SSSR count). The summed E-state index contributed by atoms with van der Waals surface area (Å²) < 4.78 is 0. The fourth-order valence-electron chi connectivity index (χ4n) is 3.59. The molecular weight excluding hydrogens is 354 g/mol. The van der Waals surface area contributed by atoms with Crippen LogP contribution >= 0.6 is 0 Å². The monoisotopic (exact) mass is 381 g/mol. The molecule has 2 aromatic rings. The van der Waals surface area contributed by atoms with Gasteiger partial charge in [-0.1, -0.05) is 41.6 Å². The van der Waals surface area contributed by atoms with Crippen LogP contribution in [0.3, 0.4) is 0 Å². The number of aromatic nitrogens is 1.